The zero-order chi connectivity index (χ0) is 14.4. The summed E-state index contributed by atoms with van der Waals surface area (Å²) in [5.41, 5.74) is 1.10. The smallest absolute Gasteiger partial charge is 0.344 e. The molecule has 0 aliphatic carbocycles. The minimum Gasteiger partial charge on any atom is -0.492 e. The van der Waals surface area contributed by atoms with Crippen molar-refractivity contribution in [3.05, 3.63) is 29.8 Å². The Labute approximate surface area is 120 Å². The average Bonchev–Trinajstić information content (AvgIpc) is 2.60. The van der Waals surface area contributed by atoms with Gasteiger partial charge in [0.05, 0.1) is 13.2 Å². The van der Waals surface area contributed by atoms with Gasteiger partial charge in [0.15, 0.2) is 0 Å². The highest BCUT2D eigenvalue weighted by Gasteiger charge is 2.28. The van der Waals surface area contributed by atoms with Crippen LogP contribution in [-0.2, 0) is 20.2 Å². The van der Waals surface area contributed by atoms with Crippen molar-refractivity contribution < 1.29 is 18.3 Å². The lowest BCUT2D eigenvalue weighted by Crippen LogP contribution is -2.27. The lowest BCUT2D eigenvalue weighted by atomic mass is 10.2. The number of ether oxygens (including phenoxy) is 1. The molecule has 0 spiro atoms. The number of para-hydroxylation sites is 1. The van der Waals surface area contributed by atoms with Crippen LogP contribution in [0.15, 0.2) is 24.3 Å². The van der Waals surface area contributed by atoms with Crippen LogP contribution < -0.4 is 4.74 Å². The fourth-order valence-electron chi connectivity index (χ4n) is 2.26. The first-order valence-corrected chi connectivity index (χ1v) is 8.71. The first-order valence-electron chi connectivity index (χ1n) is 6.98. The molecular weight excluding hydrogens is 277 g/mol. The Hall–Kier alpha value is -0.870. The Balaban J connectivity index is 2.07. The number of hydrogen-bond acceptors (Lipinski definition) is 5. The normalized spacial score (nSPS) is 16.3. The van der Waals surface area contributed by atoms with Crippen molar-refractivity contribution in [2.24, 2.45) is 0 Å². The number of rotatable bonds is 6. The number of hydrogen-bond donors (Lipinski definition) is 0. The van der Waals surface area contributed by atoms with E-state index >= 15 is 0 Å². The molecule has 1 heterocycles. The van der Waals surface area contributed by atoms with Gasteiger partial charge in [-0.15, -0.1) is 0 Å². The Morgan fingerprint density at radius 1 is 1.25 bits per heavy atom. The van der Waals surface area contributed by atoms with Crippen LogP contribution in [0.4, 0.5) is 0 Å². The molecule has 0 N–H and O–H groups in total. The lowest BCUT2D eigenvalue weighted by Gasteiger charge is -2.25. The molecule has 2 rings (SSSR count). The number of benzene rings is 1. The molecule has 6 heteroatoms. The summed E-state index contributed by atoms with van der Waals surface area (Å²) in [4.78, 5) is 2.07. The van der Waals surface area contributed by atoms with Gasteiger partial charge >= 0.3 is 7.60 Å². The van der Waals surface area contributed by atoms with E-state index in [4.69, 9.17) is 13.8 Å². The molecule has 0 fully saturated rings. The Kier molecular flexibility index (Phi) is 5.61. The molecule has 0 radical (unpaired) electrons. The second-order valence-electron chi connectivity index (χ2n) is 4.60. The minimum absolute atomic E-state index is 0.298. The first kappa shape index (κ1) is 15.5. The molecule has 0 atom stereocenters. The van der Waals surface area contributed by atoms with Crippen LogP contribution in [0.3, 0.4) is 0 Å². The van der Waals surface area contributed by atoms with Crippen molar-refractivity contribution in [3.63, 3.8) is 0 Å². The van der Waals surface area contributed by atoms with Crippen LogP contribution in [0.2, 0.25) is 0 Å². The summed E-state index contributed by atoms with van der Waals surface area (Å²) >= 11 is 0. The highest BCUT2D eigenvalue weighted by Crippen LogP contribution is 2.48. The molecule has 0 amide bonds. The Morgan fingerprint density at radius 3 is 2.65 bits per heavy atom. The standard InChI is InChI=1S/C14H22NO4P/c1-3-18-20(16,19-4-2)12-15-9-10-17-14-8-6-5-7-13(14)11-15/h5-8H,3-4,9-12H2,1-2H3. The number of nitrogens with zero attached hydrogens (tertiary/aromatic N) is 1. The summed E-state index contributed by atoms with van der Waals surface area (Å²) in [5, 5.41) is 0. The third kappa shape index (κ3) is 4.06. The van der Waals surface area contributed by atoms with Crippen LogP contribution in [-0.4, -0.2) is 37.6 Å². The predicted molar refractivity (Wildman–Crippen MR) is 78.1 cm³/mol. The summed E-state index contributed by atoms with van der Waals surface area (Å²) in [6, 6.07) is 7.93. The van der Waals surface area contributed by atoms with Crippen LogP contribution in [0, 0.1) is 0 Å². The molecule has 112 valence electrons. The van der Waals surface area contributed by atoms with Crippen molar-refractivity contribution in [2.75, 3.05) is 32.7 Å². The van der Waals surface area contributed by atoms with Crippen molar-refractivity contribution in [1.29, 1.82) is 0 Å². The maximum Gasteiger partial charge on any atom is 0.344 e. The van der Waals surface area contributed by atoms with Gasteiger partial charge in [-0.1, -0.05) is 18.2 Å². The molecule has 1 aromatic rings. The van der Waals surface area contributed by atoms with E-state index < -0.39 is 7.60 Å². The fourth-order valence-corrected chi connectivity index (χ4v) is 4.01. The second-order valence-corrected chi connectivity index (χ2v) is 6.62. The molecule has 1 aromatic carbocycles. The van der Waals surface area contributed by atoms with Crippen LogP contribution in [0.1, 0.15) is 19.4 Å². The highest BCUT2D eigenvalue weighted by molar-refractivity contribution is 7.53. The van der Waals surface area contributed by atoms with E-state index in [-0.39, 0.29) is 0 Å². The molecule has 5 nitrogen and oxygen atoms in total. The third-order valence-corrected chi connectivity index (χ3v) is 5.11. The van der Waals surface area contributed by atoms with Gasteiger partial charge in [0.2, 0.25) is 0 Å². The quantitative estimate of drug-likeness (QED) is 0.755. The Bertz CT molecular complexity index is 470. The van der Waals surface area contributed by atoms with E-state index in [1.54, 1.807) is 0 Å². The SMILES string of the molecule is CCOP(=O)(CN1CCOc2ccccc2C1)OCC. The molecular formula is C14H22NO4P. The van der Waals surface area contributed by atoms with Crippen molar-refractivity contribution >= 4 is 7.60 Å². The summed E-state index contributed by atoms with van der Waals surface area (Å²) in [5.74, 6) is 0.901. The number of fused-ring (bicyclic) bond motifs is 1. The zero-order valence-corrected chi connectivity index (χ0v) is 13.0. The fraction of sp³-hybridized carbons (Fsp3) is 0.571. The third-order valence-electron chi connectivity index (χ3n) is 3.06. The van der Waals surface area contributed by atoms with Gasteiger partial charge in [-0.3, -0.25) is 9.46 Å². The van der Waals surface area contributed by atoms with Gasteiger partial charge in [0.1, 0.15) is 18.6 Å². The summed E-state index contributed by atoms with van der Waals surface area (Å²) < 4.78 is 29.0. The molecule has 0 bridgehead atoms. The van der Waals surface area contributed by atoms with Gasteiger partial charge in [-0.05, 0) is 19.9 Å². The van der Waals surface area contributed by atoms with Gasteiger partial charge in [0, 0.05) is 18.7 Å². The van der Waals surface area contributed by atoms with E-state index in [9.17, 15) is 4.57 Å². The monoisotopic (exact) mass is 299 g/mol. The van der Waals surface area contributed by atoms with Gasteiger partial charge < -0.3 is 13.8 Å². The van der Waals surface area contributed by atoms with Crippen LogP contribution in [0.5, 0.6) is 5.75 Å². The van der Waals surface area contributed by atoms with E-state index in [2.05, 4.69) is 4.90 Å². The van der Waals surface area contributed by atoms with Crippen molar-refractivity contribution in [3.8, 4) is 5.75 Å². The summed E-state index contributed by atoms with van der Waals surface area (Å²) in [6.45, 7) is 6.41. The molecule has 1 aliphatic rings. The van der Waals surface area contributed by atoms with Gasteiger partial charge in [-0.25, -0.2) is 0 Å². The molecule has 0 saturated carbocycles. The highest BCUT2D eigenvalue weighted by atomic mass is 31.2. The van der Waals surface area contributed by atoms with E-state index in [0.29, 0.717) is 39.2 Å². The first-order chi connectivity index (χ1) is 9.67. The molecule has 1 aliphatic heterocycles. The van der Waals surface area contributed by atoms with Crippen LogP contribution in [0.25, 0.3) is 0 Å². The molecule has 20 heavy (non-hydrogen) atoms. The minimum atomic E-state index is -3.05. The second kappa shape index (κ2) is 7.23. The van der Waals surface area contributed by atoms with Crippen LogP contribution >= 0.6 is 7.60 Å². The van der Waals surface area contributed by atoms with Gasteiger partial charge in [0.25, 0.3) is 0 Å². The lowest BCUT2D eigenvalue weighted by molar-refractivity contribution is 0.187. The largest absolute Gasteiger partial charge is 0.492 e. The topological polar surface area (TPSA) is 48.0 Å². The summed E-state index contributed by atoms with van der Waals surface area (Å²) in [6.07, 6.45) is 0.298. The van der Waals surface area contributed by atoms with Gasteiger partial charge in [-0.2, -0.15) is 0 Å². The van der Waals surface area contributed by atoms with E-state index in [1.165, 1.54) is 0 Å². The van der Waals surface area contributed by atoms with Crippen molar-refractivity contribution in [1.82, 2.24) is 4.90 Å². The summed E-state index contributed by atoms with van der Waals surface area (Å²) in [7, 11) is -3.05. The zero-order valence-electron chi connectivity index (χ0n) is 12.1. The van der Waals surface area contributed by atoms with E-state index in [0.717, 1.165) is 11.3 Å². The predicted octanol–water partition coefficient (Wildman–Crippen LogP) is 3.10. The van der Waals surface area contributed by atoms with E-state index in [1.807, 2.05) is 38.1 Å². The van der Waals surface area contributed by atoms with Crippen molar-refractivity contribution in [2.45, 2.75) is 20.4 Å². The maximum atomic E-state index is 12.6. The molecule has 0 unspecified atom stereocenters. The maximum absolute atomic E-state index is 12.6. The molecule has 0 saturated heterocycles. The Morgan fingerprint density at radius 2 is 1.95 bits per heavy atom. The average molecular weight is 299 g/mol. The molecule has 0 aromatic heterocycles.